The van der Waals surface area contributed by atoms with Crippen molar-refractivity contribution in [2.45, 2.75) is 32.2 Å². The second kappa shape index (κ2) is 4.97. The molecule has 0 aliphatic rings. The quantitative estimate of drug-likeness (QED) is 0.256. The zero-order chi connectivity index (χ0) is 7.98. The highest BCUT2D eigenvalue weighted by molar-refractivity contribution is 4.66. The largest absolute Gasteiger partial charge is 0.264 e. The van der Waals surface area contributed by atoms with Crippen LogP contribution in [-0.2, 0) is 0 Å². The highest BCUT2D eigenvalue weighted by atomic mass is 16.6. The van der Waals surface area contributed by atoms with Gasteiger partial charge in [-0.2, -0.15) is 0 Å². The van der Waals surface area contributed by atoms with Gasteiger partial charge in [-0.15, -0.1) is 6.58 Å². The lowest BCUT2D eigenvalue weighted by Gasteiger charge is -2.00. The summed E-state index contributed by atoms with van der Waals surface area (Å²) in [4.78, 5) is 9.83. The second-order valence-electron chi connectivity index (χ2n) is 2.35. The van der Waals surface area contributed by atoms with E-state index >= 15 is 0 Å². The van der Waals surface area contributed by atoms with Crippen LogP contribution in [0.5, 0.6) is 0 Å². The van der Waals surface area contributed by atoms with Crippen molar-refractivity contribution in [2.24, 2.45) is 0 Å². The second-order valence-corrected chi connectivity index (χ2v) is 2.35. The number of nitrogens with zero attached hydrogens (tertiary/aromatic N) is 1. The van der Waals surface area contributed by atoms with E-state index in [4.69, 9.17) is 0 Å². The Balaban J connectivity index is 3.30. The lowest BCUT2D eigenvalue weighted by molar-refractivity contribution is -0.518. The molecule has 0 saturated heterocycles. The van der Waals surface area contributed by atoms with Gasteiger partial charge in [0, 0.05) is 18.3 Å². The van der Waals surface area contributed by atoms with E-state index in [0.29, 0.717) is 6.42 Å². The number of unbranched alkanes of at least 4 members (excludes halogenated alkanes) is 1. The van der Waals surface area contributed by atoms with Gasteiger partial charge in [0.25, 0.3) is 0 Å². The summed E-state index contributed by atoms with van der Waals surface area (Å²) in [6.07, 6.45) is 4.18. The van der Waals surface area contributed by atoms with E-state index in [9.17, 15) is 10.1 Å². The third-order valence-corrected chi connectivity index (χ3v) is 1.39. The van der Waals surface area contributed by atoms with Crippen LogP contribution in [0, 0.1) is 10.1 Å². The van der Waals surface area contributed by atoms with Gasteiger partial charge in [0.15, 0.2) is 0 Å². The maximum atomic E-state index is 10.1. The fraction of sp³-hybridized carbons (Fsp3) is 0.714. The average Bonchev–Trinajstić information content (AvgIpc) is 1.88. The summed E-state index contributed by atoms with van der Waals surface area (Å²) in [6.45, 7) is 5.16. The van der Waals surface area contributed by atoms with E-state index < -0.39 is 6.04 Å². The molecule has 0 aromatic carbocycles. The molecule has 0 bridgehead atoms. The van der Waals surface area contributed by atoms with Gasteiger partial charge >= 0.3 is 0 Å². The van der Waals surface area contributed by atoms with Crippen molar-refractivity contribution in [3.05, 3.63) is 22.8 Å². The summed E-state index contributed by atoms with van der Waals surface area (Å²) < 4.78 is 0. The molecule has 0 N–H and O–H groups in total. The summed E-state index contributed by atoms with van der Waals surface area (Å²) in [5.74, 6) is 0. The Labute approximate surface area is 60.9 Å². The summed E-state index contributed by atoms with van der Waals surface area (Å²) in [7, 11) is 0. The zero-order valence-electron chi connectivity index (χ0n) is 6.25. The van der Waals surface area contributed by atoms with Crippen molar-refractivity contribution in [2.75, 3.05) is 0 Å². The van der Waals surface area contributed by atoms with Crippen molar-refractivity contribution >= 4 is 0 Å². The molecule has 3 heteroatoms. The Morgan fingerprint density at radius 1 is 1.80 bits per heavy atom. The van der Waals surface area contributed by atoms with Gasteiger partial charge in [-0.1, -0.05) is 6.08 Å². The Bertz CT molecular complexity index is 123. The molecular formula is C7H13NO2. The normalized spacial score (nSPS) is 12.5. The predicted octanol–water partition coefficient (Wildman–Crippen LogP) is 2.01. The van der Waals surface area contributed by atoms with Gasteiger partial charge in [-0.25, -0.2) is 0 Å². The fourth-order valence-electron chi connectivity index (χ4n) is 0.663. The monoisotopic (exact) mass is 143 g/mol. The SMILES string of the molecule is C=CCCCC(C)[N+](=O)[O-]. The molecule has 3 nitrogen and oxygen atoms in total. The molecule has 0 aromatic rings. The first kappa shape index (κ1) is 9.14. The van der Waals surface area contributed by atoms with E-state index in [1.54, 1.807) is 13.0 Å². The van der Waals surface area contributed by atoms with Gasteiger partial charge < -0.3 is 0 Å². The molecule has 0 fully saturated rings. The highest BCUT2D eigenvalue weighted by Gasteiger charge is 2.10. The van der Waals surface area contributed by atoms with Gasteiger partial charge in [-0.05, 0) is 12.8 Å². The summed E-state index contributed by atoms with van der Waals surface area (Å²) in [5, 5.41) is 10.1. The summed E-state index contributed by atoms with van der Waals surface area (Å²) in [6, 6.07) is -0.403. The Hall–Kier alpha value is -0.860. The van der Waals surface area contributed by atoms with E-state index in [1.807, 2.05) is 0 Å². The molecule has 0 rings (SSSR count). The van der Waals surface area contributed by atoms with E-state index in [0.717, 1.165) is 12.8 Å². The van der Waals surface area contributed by atoms with Gasteiger partial charge in [0.2, 0.25) is 6.04 Å². The average molecular weight is 143 g/mol. The topological polar surface area (TPSA) is 43.1 Å². The molecule has 10 heavy (non-hydrogen) atoms. The molecule has 0 aliphatic carbocycles. The molecule has 0 aromatic heterocycles. The third-order valence-electron chi connectivity index (χ3n) is 1.39. The van der Waals surface area contributed by atoms with Crippen LogP contribution in [0.4, 0.5) is 0 Å². The molecule has 0 radical (unpaired) electrons. The van der Waals surface area contributed by atoms with E-state index in [-0.39, 0.29) is 4.92 Å². The lowest BCUT2D eigenvalue weighted by atomic mass is 10.1. The molecular weight excluding hydrogens is 130 g/mol. The lowest BCUT2D eigenvalue weighted by Crippen LogP contribution is -2.14. The highest BCUT2D eigenvalue weighted by Crippen LogP contribution is 2.02. The van der Waals surface area contributed by atoms with Crippen LogP contribution >= 0.6 is 0 Å². The molecule has 1 unspecified atom stereocenters. The summed E-state index contributed by atoms with van der Waals surface area (Å²) >= 11 is 0. The maximum Gasteiger partial charge on any atom is 0.210 e. The molecule has 1 atom stereocenters. The van der Waals surface area contributed by atoms with Crippen molar-refractivity contribution in [3.63, 3.8) is 0 Å². The van der Waals surface area contributed by atoms with Gasteiger partial charge in [-0.3, -0.25) is 10.1 Å². The number of hydrogen-bond donors (Lipinski definition) is 0. The number of nitro groups is 1. The minimum Gasteiger partial charge on any atom is -0.264 e. The predicted molar refractivity (Wildman–Crippen MR) is 40.5 cm³/mol. The van der Waals surface area contributed by atoms with Crippen LogP contribution in [0.25, 0.3) is 0 Å². The first-order valence-electron chi connectivity index (χ1n) is 3.43. The minimum atomic E-state index is -0.403. The molecule has 0 saturated carbocycles. The molecule has 0 spiro atoms. The van der Waals surface area contributed by atoms with E-state index in [1.165, 1.54) is 0 Å². The smallest absolute Gasteiger partial charge is 0.210 e. The van der Waals surface area contributed by atoms with Crippen LogP contribution in [0.15, 0.2) is 12.7 Å². The molecule has 0 heterocycles. The Kier molecular flexibility index (Phi) is 4.54. The van der Waals surface area contributed by atoms with Crippen molar-refractivity contribution < 1.29 is 4.92 Å². The Morgan fingerprint density at radius 3 is 2.80 bits per heavy atom. The zero-order valence-corrected chi connectivity index (χ0v) is 6.25. The minimum absolute atomic E-state index is 0.247. The van der Waals surface area contributed by atoms with Crippen LogP contribution in [0.3, 0.4) is 0 Å². The number of allylic oxidation sites excluding steroid dienone is 1. The summed E-state index contributed by atoms with van der Waals surface area (Å²) in [5.41, 5.74) is 0. The molecule has 0 aliphatic heterocycles. The van der Waals surface area contributed by atoms with Crippen LogP contribution in [0.1, 0.15) is 26.2 Å². The first-order valence-corrected chi connectivity index (χ1v) is 3.43. The number of rotatable bonds is 5. The van der Waals surface area contributed by atoms with Crippen molar-refractivity contribution in [3.8, 4) is 0 Å². The molecule has 0 amide bonds. The fourth-order valence-corrected chi connectivity index (χ4v) is 0.663. The standard InChI is InChI=1S/C7H13NO2/c1-3-4-5-6-7(2)8(9)10/h3,7H,1,4-6H2,2H3. The Morgan fingerprint density at radius 2 is 2.40 bits per heavy atom. The van der Waals surface area contributed by atoms with Crippen molar-refractivity contribution in [1.29, 1.82) is 0 Å². The number of hydrogen-bond acceptors (Lipinski definition) is 2. The van der Waals surface area contributed by atoms with Gasteiger partial charge in [0.1, 0.15) is 0 Å². The van der Waals surface area contributed by atoms with Crippen molar-refractivity contribution in [1.82, 2.24) is 0 Å². The molecule has 58 valence electrons. The maximum absolute atomic E-state index is 10.1. The van der Waals surface area contributed by atoms with Crippen LogP contribution in [-0.4, -0.2) is 11.0 Å². The van der Waals surface area contributed by atoms with Gasteiger partial charge in [0.05, 0.1) is 0 Å². The first-order chi connectivity index (χ1) is 4.68. The van der Waals surface area contributed by atoms with Crippen LogP contribution < -0.4 is 0 Å². The van der Waals surface area contributed by atoms with E-state index in [2.05, 4.69) is 6.58 Å². The van der Waals surface area contributed by atoms with Crippen LogP contribution in [0.2, 0.25) is 0 Å². The third kappa shape index (κ3) is 4.06.